The normalized spacial score (nSPS) is 10.9. The van der Waals surface area contributed by atoms with Crippen molar-refractivity contribution in [3.8, 4) is 11.3 Å². The van der Waals surface area contributed by atoms with Crippen molar-refractivity contribution in [2.24, 2.45) is 0 Å². The van der Waals surface area contributed by atoms with Gasteiger partial charge in [0.25, 0.3) is 0 Å². The van der Waals surface area contributed by atoms with Crippen LogP contribution < -0.4 is 5.73 Å². The second-order valence-corrected chi connectivity index (χ2v) is 3.15. The number of aromatic nitrogens is 5. The molecule has 15 heavy (non-hydrogen) atoms. The maximum Gasteiger partial charge on any atom is 0.154 e. The summed E-state index contributed by atoms with van der Waals surface area (Å²) in [6.07, 6.45) is 5.05. The van der Waals surface area contributed by atoms with Crippen LogP contribution in [0.3, 0.4) is 0 Å². The molecule has 4 N–H and O–H groups in total. The van der Waals surface area contributed by atoms with Gasteiger partial charge >= 0.3 is 0 Å². The number of nitrogens with zero attached hydrogens (tertiary/aromatic N) is 3. The molecule has 0 saturated heterocycles. The van der Waals surface area contributed by atoms with Crippen LogP contribution in [0.25, 0.3) is 22.3 Å². The van der Waals surface area contributed by atoms with Gasteiger partial charge < -0.3 is 10.7 Å². The summed E-state index contributed by atoms with van der Waals surface area (Å²) in [5.74, 6) is 0.441. The zero-order valence-corrected chi connectivity index (χ0v) is 7.73. The number of hydrogen-bond donors (Lipinski definition) is 3. The minimum absolute atomic E-state index is 0.441. The molecule has 6 nitrogen and oxygen atoms in total. The number of anilines is 1. The van der Waals surface area contributed by atoms with Gasteiger partial charge in [-0.3, -0.25) is 5.10 Å². The first-order valence-corrected chi connectivity index (χ1v) is 4.44. The van der Waals surface area contributed by atoms with Crippen molar-refractivity contribution in [1.29, 1.82) is 0 Å². The van der Waals surface area contributed by atoms with Crippen molar-refractivity contribution in [2.45, 2.75) is 0 Å². The fourth-order valence-electron chi connectivity index (χ4n) is 1.58. The van der Waals surface area contributed by atoms with Crippen LogP contribution in [0.2, 0.25) is 0 Å². The summed E-state index contributed by atoms with van der Waals surface area (Å²) in [5.41, 5.74) is 8.09. The van der Waals surface area contributed by atoms with Gasteiger partial charge in [0.2, 0.25) is 0 Å². The van der Waals surface area contributed by atoms with Crippen LogP contribution in [0.4, 0.5) is 5.82 Å². The number of rotatable bonds is 1. The first-order valence-electron chi connectivity index (χ1n) is 4.44. The number of aromatic amines is 2. The molecule has 0 aliphatic rings. The van der Waals surface area contributed by atoms with Crippen molar-refractivity contribution in [1.82, 2.24) is 25.1 Å². The molecule has 3 heterocycles. The SMILES string of the molecule is Nc1n[nH]cc1-c1ncnc2[nH]ccc12. The Morgan fingerprint density at radius 2 is 2.20 bits per heavy atom. The van der Waals surface area contributed by atoms with Crippen LogP contribution in [0.15, 0.2) is 24.8 Å². The van der Waals surface area contributed by atoms with E-state index in [9.17, 15) is 0 Å². The summed E-state index contributed by atoms with van der Waals surface area (Å²) in [6.45, 7) is 0. The highest BCUT2D eigenvalue weighted by Gasteiger charge is 2.11. The molecular weight excluding hydrogens is 192 g/mol. The van der Waals surface area contributed by atoms with E-state index < -0.39 is 0 Å². The van der Waals surface area contributed by atoms with E-state index in [2.05, 4.69) is 25.1 Å². The molecule has 0 radical (unpaired) electrons. The molecule has 0 aliphatic heterocycles. The van der Waals surface area contributed by atoms with Gasteiger partial charge in [-0.1, -0.05) is 0 Å². The first-order chi connectivity index (χ1) is 7.36. The minimum atomic E-state index is 0.441. The first kappa shape index (κ1) is 7.98. The largest absolute Gasteiger partial charge is 0.382 e. The summed E-state index contributed by atoms with van der Waals surface area (Å²) >= 11 is 0. The summed E-state index contributed by atoms with van der Waals surface area (Å²) < 4.78 is 0. The van der Waals surface area contributed by atoms with Crippen molar-refractivity contribution >= 4 is 16.9 Å². The quantitative estimate of drug-likeness (QED) is 0.544. The monoisotopic (exact) mass is 200 g/mol. The second-order valence-electron chi connectivity index (χ2n) is 3.15. The lowest BCUT2D eigenvalue weighted by Crippen LogP contribution is -1.91. The highest BCUT2D eigenvalue weighted by atomic mass is 15.1. The van der Waals surface area contributed by atoms with E-state index >= 15 is 0 Å². The summed E-state index contributed by atoms with van der Waals surface area (Å²) in [7, 11) is 0. The molecule has 3 aromatic heterocycles. The van der Waals surface area contributed by atoms with E-state index in [0.717, 1.165) is 22.3 Å². The maximum absolute atomic E-state index is 5.72. The molecule has 0 atom stereocenters. The molecule has 6 heteroatoms. The van der Waals surface area contributed by atoms with E-state index in [1.807, 2.05) is 12.3 Å². The van der Waals surface area contributed by atoms with Gasteiger partial charge in [0.15, 0.2) is 5.82 Å². The third-order valence-electron chi connectivity index (χ3n) is 2.28. The van der Waals surface area contributed by atoms with Gasteiger partial charge in [0.05, 0.1) is 11.3 Å². The minimum Gasteiger partial charge on any atom is -0.382 e. The van der Waals surface area contributed by atoms with Crippen molar-refractivity contribution < 1.29 is 0 Å². The molecule has 3 rings (SSSR count). The lowest BCUT2D eigenvalue weighted by Gasteiger charge is -1.98. The summed E-state index contributed by atoms with van der Waals surface area (Å²) in [4.78, 5) is 11.3. The average Bonchev–Trinajstić information content (AvgIpc) is 2.85. The Morgan fingerprint density at radius 1 is 1.27 bits per heavy atom. The Kier molecular flexibility index (Phi) is 1.49. The molecule has 0 amide bonds. The van der Waals surface area contributed by atoms with Crippen molar-refractivity contribution in [3.63, 3.8) is 0 Å². The Hall–Kier alpha value is -2.37. The summed E-state index contributed by atoms with van der Waals surface area (Å²) in [6, 6.07) is 1.91. The smallest absolute Gasteiger partial charge is 0.154 e. The molecule has 0 bridgehead atoms. The molecule has 0 unspecified atom stereocenters. The van der Waals surface area contributed by atoms with Crippen LogP contribution in [0, 0.1) is 0 Å². The number of hydrogen-bond acceptors (Lipinski definition) is 4. The molecule has 0 aromatic carbocycles. The van der Waals surface area contributed by atoms with Gasteiger partial charge in [-0.15, -0.1) is 0 Å². The number of fused-ring (bicyclic) bond motifs is 1. The Balaban J connectivity index is 2.36. The molecule has 3 aromatic rings. The Morgan fingerprint density at radius 3 is 3.00 bits per heavy atom. The molecule has 0 aliphatic carbocycles. The molecule has 0 spiro atoms. The highest BCUT2D eigenvalue weighted by molar-refractivity contribution is 5.92. The third-order valence-corrected chi connectivity index (χ3v) is 2.28. The van der Waals surface area contributed by atoms with Crippen molar-refractivity contribution in [3.05, 3.63) is 24.8 Å². The van der Waals surface area contributed by atoms with Gasteiger partial charge in [0, 0.05) is 17.8 Å². The van der Waals surface area contributed by atoms with Gasteiger partial charge in [0.1, 0.15) is 12.0 Å². The Bertz CT molecular complexity index is 608. The van der Waals surface area contributed by atoms with Crippen LogP contribution in [0.1, 0.15) is 0 Å². The maximum atomic E-state index is 5.72. The fraction of sp³-hybridized carbons (Fsp3) is 0. The van der Waals surface area contributed by atoms with Gasteiger partial charge in [-0.05, 0) is 6.07 Å². The van der Waals surface area contributed by atoms with Gasteiger partial charge in [-0.2, -0.15) is 5.10 Å². The summed E-state index contributed by atoms with van der Waals surface area (Å²) in [5, 5.41) is 7.51. The molecule has 0 fully saturated rings. The third kappa shape index (κ3) is 1.08. The molecule has 74 valence electrons. The number of nitrogens with one attached hydrogen (secondary N) is 2. The van der Waals surface area contributed by atoms with Gasteiger partial charge in [-0.25, -0.2) is 9.97 Å². The number of nitrogen functional groups attached to an aromatic ring is 1. The number of H-pyrrole nitrogens is 2. The zero-order valence-electron chi connectivity index (χ0n) is 7.73. The predicted octanol–water partition coefficient (Wildman–Crippen LogP) is 0.930. The van der Waals surface area contributed by atoms with E-state index in [0.29, 0.717) is 5.82 Å². The van der Waals surface area contributed by atoms with Crippen LogP contribution in [-0.2, 0) is 0 Å². The van der Waals surface area contributed by atoms with Crippen LogP contribution >= 0.6 is 0 Å². The lowest BCUT2D eigenvalue weighted by atomic mass is 10.2. The van der Waals surface area contributed by atoms with E-state index in [4.69, 9.17) is 5.73 Å². The predicted molar refractivity (Wildman–Crippen MR) is 55.9 cm³/mol. The van der Waals surface area contributed by atoms with E-state index in [1.54, 1.807) is 6.20 Å². The van der Waals surface area contributed by atoms with Crippen LogP contribution in [0.5, 0.6) is 0 Å². The Labute approximate surface area is 84.6 Å². The highest BCUT2D eigenvalue weighted by Crippen LogP contribution is 2.27. The van der Waals surface area contributed by atoms with E-state index in [-0.39, 0.29) is 0 Å². The molecule has 0 saturated carbocycles. The second kappa shape index (κ2) is 2.81. The topological polar surface area (TPSA) is 96.3 Å². The number of nitrogens with two attached hydrogens (primary N) is 1. The standard InChI is InChI=1S/C9H8N6/c10-8-6(3-14-15-8)7-5-1-2-11-9(5)13-4-12-7/h1-4H,(H3,10,14,15)(H,11,12,13). The van der Waals surface area contributed by atoms with E-state index in [1.165, 1.54) is 6.33 Å². The van der Waals surface area contributed by atoms with Crippen LogP contribution in [-0.4, -0.2) is 25.1 Å². The fourth-order valence-corrected chi connectivity index (χ4v) is 1.58. The lowest BCUT2D eigenvalue weighted by molar-refractivity contribution is 1.10. The molecular formula is C9H8N6. The van der Waals surface area contributed by atoms with Crippen molar-refractivity contribution in [2.75, 3.05) is 5.73 Å². The zero-order chi connectivity index (χ0) is 10.3. The average molecular weight is 200 g/mol.